The van der Waals surface area contributed by atoms with Crippen molar-refractivity contribution in [3.05, 3.63) is 22.7 Å². The van der Waals surface area contributed by atoms with Crippen molar-refractivity contribution in [1.29, 1.82) is 0 Å². The molecular formula is C17H24ClNO2. The molecule has 2 N–H and O–H groups in total. The third-order valence-corrected chi connectivity index (χ3v) is 5.40. The molecule has 0 aliphatic heterocycles. The first kappa shape index (κ1) is 15.0. The number of rotatable bonds is 5. The Morgan fingerprint density at radius 3 is 2.48 bits per heavy atom. The molecule has 21 heavy (non-hydrogen) atoms. The number of methoxy groups -OCH3 is 1. The summed E-state index contributed by atoms with van der Waals surface area (Å²) in [4.78, 5) is 0. The fourth-order valence-electron chi connectivity index (χ4n) is 3.56. The first-order valence-corrected chi connectivity index (χ1v) is 8.31. The lowest BCUT2D eigenvalue weighted by atomic mass is 9.64. The van der Waals surface area contributed by atoms with Gasteiger partial charge in [0, 0.05) is 12.0 Å². The van der Waals surface area contributed by atoms with Crippen LogP contribution in [0.1, 0.15) is 50.5 Å². The maximum absolute atomic E-state index is 6.42. The molecule has 0 bridgehead atoms. The number of nitrogens with two attached hydrogens (primary N) is 1. The van der Waals surface area contributed by atoms with E-state index in [0.29, 0.717) is 23.4 Å². The second kappa shape index (κ2) is 6.05. The fraction of sp³-hybridized carbons (Fsp3) is 0.647. The summed E-state index contributed by atoms with van der Waals surface area (Å²) in [7, 11) is 1.64. The zero-order valence-electron chi connectivity index (χ0n) is 12.7. The Bertz CT molecular complexity index is 502. The molecule has 0 amide bonds. The summed E-state index contributed by atoms with van der Waals surface area (Å²) in [5.41, 5.74) is 7.31. The molecule has 2 saturated carbocycles. The monoisotopic (exact) mass is 309 g/mol. The van der Waals surface area contributed by atoms with E-state index in [2.05, 4.69) is 6.07 Å². The van der Waals surface area contributed by atoms with Crippen LogP contribution in [0.2, 0.25) is 5.02 Å². The average Bonchev–Trinajstić information content (AvgIpc) is 2.91. The Balaban J connectivity index is 1.93. The predicted molar refractivity (Wildman–Crippen MR) is 85.5 cm³/mol. The molecule has 0 radical (unpaired) electrons. The van der Waals surface area contributed by atoms with Gasteiger partial charge in [0.05, 0.1) is 18.2 Å². The minimum atomic E-state index is 0.0870. The summed E-state index contributed by atoms with van der Waals surface area (Å²) in [6.07, 6.45) is 8.52. The van der Waals surface area contributed by atoms with Crippen LogP contribution in [0.5, 0.6) is 11.5 Å². The first-order valence-electron chi connectivity index (χ1n) is 7.93. The van der Waals surface area contributed by atoms with Gasteiger partial charge in [0.1, 0.15) is 0 Å². The van der Waals surface area contributed by atoms with Crippen molar-refractivity contribution >= 4 is 11.6 Å². The van der Waals surface area contributed by atoms with E-state index in [-0.39, 0.29) is 5.41 Å². The van der Waals surface area contributed by atoms with Gasteiger partial charge < -0.3 is 15.2 Å². The van der Waals surface area contributed by atoms with Gasteiger partial charge in [-0.2, -0.15) is 0 Å². The van der Waals surface area contributed by atoms with E-state index in [9.17, 15) is 0 Å². The van der Waals surface area contributed by atoms with E-state index in [4.69, 9.17) is 26.8 Å². The van der Waals surface area contributed by atoms with Crippen molar-refractivity contribution in [3.63, 3.8) is 0 Å². The number of hydrogen-bond acceptors (Lipinski definition) is 3. The number of halogens is 1. The van der Waals surface area contributed by atoms with E-state index in [0.717, 1.165) is 31.4 Å². The van der Waals surface area contributed by atoms with Crippen LogP contribution in [-0.2, 0) is 5.41 Å². The van der Waals surface area contributed by atoms with Gasteiger partial charge in [-0.15, -0.1) is 0 Å². The molecule has 0 unspecified atom stereocenters. The summed E-state index contributed by atoms with van der Waals surface area (Å²) < 4.78 is 11.6. The molecule has 4 heteroatoms. The first-order chi connectivity index (χ1) is 10.2. The maximum atomic E-state index is 6.42. The molecule has 0 spiro atoms. The maximum Gasteiger partial charge on any atom is 0.179 e. The van der Waals surface area contributed by atoms with Crippen molar-refractivity contribution in [2.75, 3.05) is 13.7 Å². The minimum Gasteiger partial charge on any atom is -0.491 e. The van der Waals surface area contributed by atoms with Crippen LogP contribution >= 0.6 is 11.6 Å². The standard InChI is InChI=1S/C17H24ClNO2/c1-20-16-14(18)9-12(17(11-19)7-4-8-17)10-15(16)21-13-5-2-3-6-13/h9-10,13H,2-8,11,19H2,1H3. The highest BCUT2D eigenvalue weighted by Gasteiger charge is 2.38. The molecule has 1 aromatic rings. The Morgan fingerprint density at radius 2 is 1.95 bits per heavy atom. The zero-order chi connectivity index (χ0) is 14.9. The van der Waals surface area contributed by atoms with Gasteiger partial charge in [-0.3, -0.25) is 0 Å². The van der Waals surface area contributed by atoms with E-state index in [1.807, 2.05) is 6.07 Å². The van der Waals surface area contributed by atoms with Crippen molar-refractivity contribution in [3.8, 4) is 11.5 Å². The highest BCUT2D eigenvalue weighted by atomic mass is 35.5. The molecule has 0 heterocycles. The lowest BCUT2D eigenvalue weighted by Crippen LogP contribution is -2.41. The summed E-state index contributed by atoms with van der Waals surface area (Å²) in [5, 5.41) is 0.628. The van der Waals surface area contributed by atoms with Crippen LogP contribution in [0.3, 0.4) is 0 Å². The van der Waals surface area contributed by atoms with Crippen molar-refractivity contribution in [2.45, 2.75) is 56.5 Å². The second-order valence-corrected chi connectivity index (χ2v) is 6.76. The van der Waals surface area contributed by atoms with Crippen LogP contribution in [-0.4, -0.2) is 19.8 Å². The summed E-state index contributed by atoms with van der Waals surface area (Å²) >= 11 is 6.42. The van der Waals surface area contributed by atoms with Gasteiger partial charge in [0.25, 0.3) is 0 Å². The van der Waals surface area contributed by atoms with Gasteiger partial charge in [-0.25, -0.2) is 0 Å². The zero-order valence-corrected chi connectivity index (χ0v) is 13.4. The Hall–Kier alpha value is -0.930. The quantitative estimate of drug-likeness (QED) is 0.892. The Kier molecular flexibility index (Phi) is 4.32. The number of benzene rings is 1. The summed E-state index contributed by atoms with van der Waals surface area (Å²) in [6, 6.07) is 4.11. The van der Waals surface area contributed by atoms with E-state index in [1.165, 1.54) is 24.8 Å². The van der Waals surface area contributed by atoms with Crippen LogP contribution in [0.4, 0.5) is 0 Å². The molecule has 116 valence electrons. The Morgan fingerprint density at radius 1 is 1.24 bits per heavy atom. The molecule has 3 nitrogen and oxygen atoms in total. The largest absolute Gasteiger partial charge is 0.491 e. The van der Waals surface area contributed by atoms with Gasteiger partial charge >= 0.3 is 0 Å². The van der Waals surface area contributed by atoms with Crippen molar-refractivity contribution in [1.82, 2.24) is 0 Å². The van der Waals surface area contributed by atoms with E-state index < -0.39 is 0 Å². The molecule has 1 aromatic carbocycles. The third kappa shape index (κ3) is 2.74. The van der Waals surface area contributed by atoms with Crippen LogP contribution < -0.4 is 15.2 Å². The third-order valence-electron chi connectivity index (χ3n) is 5.12. The summed E-state index contributed by atoms with van der Waals surface area (Å²) in [5.74, 6) is 1.44. The van der Waals surface area contributed by atoms with Crippen molar-refractivity contribution in [2.24, 2.45) is 5.73 Å². The number of ether oxygens (including phenoxy) is 2. The molecule has 0 atom stereocenters. The van der Waals surface area contributed by atoms with Gasteiger partial charge in [-0.1, -0.05) is 18.0 Å². The average molecular weight is 310 g/mol. The minimum absolute atomic E-state index is 0.0870. The molecular weight excluding hydrogens is 286 g/mol. The van der Waals surface area contributed by atoms with Gasteiger partial charge in [0.15, 0.2) is 11.5 Å². The molecule has 0 aromatic heterocycles. The summed E-state index contributed by atoms with van der Waals surface area (Å²) in [6.45, 7) is 0.665. The van der Waals surface area contributed by atoms with Gasteiger partial charge in [-0.05, 0) is 56.2 Å². The topological polar surface area (TPSA) is 44.5 Å². The van der Waals surface area contributed by atoms with E-state index in [1.54, 1.807) is 7.11 Å². The van der Waals surface area contributed by atoms with Crippen LogP contribution in [0.15, 0.2) is 12.1 Å². The second-order valence-electron chi connectivity index (χ2n) is 6.35. The smallest absolute Gasteiger partial charge is 0.179 e. The van der Waals surface area contributed by atoms with Crippen molar-refractivity contribution < 1.29 is 9.47 Å². The molecule has 0 saturated heterocycles. The lowest BCUT2D eigenvalue weighted by molar-refractivity contribution is 0.198. The molecule has 2 aliphatic carbocycles. The highest BCUT2D eigenvalue weighted by molar-refractivity contribution is 6.32. The predicted octanol–water partition coefficient (Wildman–Crippen LogP) is 4.05. The lowest BCUT2D eigenvalue weighted by Gasteiger charge is -2.42. The molecule has 2 fully saturated rings. The SMILES string of the molecule is COc1c(Cl)cc(C2(CN)CCC2)cc1OC1CCCC1. The van der Waals surface area contributed by atoms with E-state index >= 15 is 0 Å². The van der Waals surface area contributed by atoms with Gasteiger partial charge in [0.2, 0.25) is 0 Å². The Labute approximate surface area is 131 Å². The molecule has 3 rings (SSSR count). The number of hydrogen-bond donors (Lipinski definition) is 1. The normalized spacial score (nSPS) is 21.1. The van der Waals surface area contributed by atoms with Crippen LogP contribution in [0.25, 0.3) is 0 Å². The fourth-order valence-corrected chi connectivity index (χ4v) is 3.85. The highest BCUT2D eigenvalue weighted by Crippen LogP contribution is 2.47. The molecule has 2 aliphatic rings. The van der Waals surface area contributed by atoms with Crippen LogP contribution in [0, 0.1) is 0 Å².